The van der Waals surface area contributed by atoms with Crippen molar-refractivity contribution in [2.75, 3.05) is 5.32 Å². The molecule has 5 aromatic heterocycles. The molecule has 0 bridgehead atoms. The Morgan fingerprint density at radius 1 is 1.05 bits per heavy atom. The number of fused-ring (bicyclic) bond motifs is 2. The van der Waals surface area contributed by atoms with Crippen molar-refractivity contribution in [3.05, 3.63) is 82.4 Å². The average Bonchev–Trinajstić information content (AvgIpc) is 3.64. The van der Waals surface area contributed by atoms with Gasteiger partial charge in [0, 0.05) is 36.0 Å². The van der Waals surface area contributed by atoms with E-state index in [1.54, 1.807) is 54.5 Å². The molecule has 0 aliphatic rings. The van der Waals surface area contributed by atoms with E-state index in [9.17, 15) is 22.8 Å². The molecule has 0 spiro atoms. The number of carbonyl (C=O) groups excluding carboxylic acids is 2. The van der Waals surface area contributed by atoms with Gasteiger partial charge in [-0.1, -0.05) is 29.8 Å². The number of alkyl halides is 3. The molecule has 0 unspecified atom stereocenters. The molecule has 2 amide bonds. The summed E-state index contributed by atoms with van der Waals surface area (Å²) >= 11 is 0.673. The van der Waals surface area contributed by atoms with Crippen LogP contribution in [0.1, 0.15) is 37.1 Å². The van der Waals surface area contributed by atoms with Gasteiger partial charge in [-0.05, 0) is 37.1 Å². The molecule has 10 nitrogen and oxygen atoms in total. The van der Waals surface area contributed by atoms with E-state index in [1.165, 1.54) is 10.6 Å². The molecule has 212 valence electrons. The Balaban J connectivity index is 1.50. The fourth-order valence-corrected chi connectivity index (χ4v) is 5.64. The lowest BCUT2D eigenvalue weighted by Gasteiger charge is -2.12. The van der Waals surface area contributed by atoms with Crippen LogP contribution in [0, 0.1) is 13.8 Å². The lowest BCUT2D eigenvalue weighted by molar-refractivity contribution is -0.140. The fraction of sp³-hybridized carbons (Fsp3) is 0.143. The molecule has 14 heteroatoms. The molecule has 5 heterocycles. The second-order valence-corrected chi connectivity index (χ2v) is 10.6. The Hall–Kier alpha value is -5.11. The van der Waals surface area contributed by atoms with Crippen molar-refractivity contribution in [1.29, 1.82) is 0 Å². The van der Waals surface area contributed by atoms with Gasteiger partial charge >= 0.3 is 6.18 Å². The van der Waals surface area contributed by atoms with Gasteiger partial charge in [0.15, 0.2) is 11.3 Å². The second kappa shape index (κ2) is 9.76. The Kier molecular flexibility index (Phi) is 6.30. The summed E-state index contributed by atoms with van der Waals surface area (Å²) in [5.74, 6) is -1.64. The van der Waals surface area contributed by atoms with Gasteiger partial charge in [0.1, 0.15) is 15.4 Å². The molecule has 3 N–H and O–H groups in total. The number of amides is 2. The molecular weight excluding hydrogens is 569 g/mol. The number of hydrogen-bond acceptors (Lipinski definition) is 7. The Labute approximate surface area is 239 Å². The standard InChI is InChI=1S/C28H21F3N8O2S/c1-13-4-6-15(7-5-13)16-10-20(28(29,30)31)35-27-22(16)23(24(42-27)25(32)40)36-26(41)18-11-21-33-9-8-19(39(21)37-18)17-12-34-38(3)14(17)2/h4-12H,1-3H3,(H2,32,40)(H,36,41). The van der Waals surface area contributed by atoms with Gasteiger partial charge in [-0.3, -0.25) is 14.3 Å². The van der Waals surface area contributed by atoms with Crippen molar-refractivity contribution in [1.82, 2.24) is 29.4 Å². The van der Waals surface area contributed by atoms with Crippen molar-refractivity contribution in [2.24, 2.45) is 12.8 Å². The van der Waals surface area contributed by atoms with Crippen LogP contribution < -0.4 is 11.1 Å². The smallest absolute Gasteiger partial charge is 0.365 e. The number of thiophene rings is 1. The topological polar surface area (TPSA) is 133 Å². The van der Waals surface area contributed by atoms with E-state index in [4.69, 9.17) is 5.73 Å². The number of primary amides is 1. The van der Waals surface area contributed by atoms with E-state index in [0.29, 0.717) is 28.2 Å². The normalized spacial score (nSPS) is 11.9. The minimum Gasteiger partial charge on any atom is -0.365 e. The third-order valence-electron chi connectivity index (χ3n) is 6.88. The number of hydrogen-bond donors (Lipinski definition) is 2. The number of nitrogens with zero attached hydrogens (tertiary/aromatic N) is 6. The molecule has 6 aromatic rings. The van der Waals surface area contributed by atoms with Crippen LogP contribution in [0.5, 0.6) is 0 Å². The first kappa shape index (κ1) is 27.1. The first-order chi connectivity index (χ1) is 19.9. The third kappa shape index (κ3) is 4.55. The van der Waals surface area contributed by atoms with Crippen molar-refractivity contribution < 1.29 is 22.8 Å². The summed E-state index contributed by atoms with van der Waals surface area (Å²) in [5.41, 5.74) is 8.56. The fourth-order valence-electron chi connectivity index (χ4n) is 4.64. The molecular formula is C28H21F3N8O2S. The number of pyridine rings is 1. The molecule has 0 atom stereocenters. The first-order valence-corrected chi connectivity index (χ1v) is 13.3. The molecule has 0 aliphatic carbocycles. The van der Waals surface area contributed by atoms with Crippen LogP contribution in [0.15, 0.2) is 54.9 Å². The number of aryl methyl sites for hydroxylation is 2. The van der Waals surface area contributed by atoms with Crippen LogP contribution in [0.2, 0.25) is 0 Å². The number of benzene rings is 1. The molecule has 1 aromatic carbocycles. The van der Waals surface area contributed by atoms with Crippen LogP contribution in [-0.2, 0) is 13.2 Å². The van der Waals surface area contributed by atoms with Gasteiger partial charge in [-0.2, -0.15) is 23.4 Å². The van der Waals surface area contributed by atoms with E-state index in [2.05, 4.69) is 25.5 Å². The zero-order valence-corrected chi connectivity index (χ0v) is 23.1. The zero-order valence-electron chi connectivity index (χ0n) is 22.3. The van der Waals surface area contributed by atoms with Gasteiger partial charge in [-0.15, -0.1) is 11.3 Å². The molecule has 42 heavy (non-hydrogen) atoms. The summed E-state index contributed by atoms with van der Waals surface area (Å²) in [6.07, 6.45) is -1.49. The Morgan fingerprint density at radius 2 is 1.79 bits per heavy atom. The molecule has 0 aliphatic heterocycles. The van der Waals surface area contributed by atoms with Crippen LogP contribution in [-0.4, -0.2) is 41.2 Å². The first-order valence-electron chi connectivity index (χ1n) is 12.5. The number of nitrogens with two attached hydrogens (primary N) is 1. The van der Waals surface area contributed by atoms with Gasteiger partial charge < -0.3 is 11.1 Å². The lowest BCUT2D eigenvalue weighted by Crippen LogP contribution is -2.17. The van der Waals surface area contributed by atoms with E-state index < -0.39 is 23.7 Å². The third-order valence-corrected chi connectivity index (χ3v) is 7.98. The summed E-state index contributed by atoms with van der Waals surface area (Å²) < 4.78 is 44.6. The Morgan fingerprint density at radius 3 is 2.43 bits per heavy atom. The molecule has 0 saturated carbocycles. The van der Waals surface area contributed by atoms with Gasteiger partial charge in [-0.25, -0.2) is 14.5 Å². The van der Waals surface area contributed by atoms with Crippen molar-refractivity contribution in [3.63, 3.8) is 0 Å². The summed E-state index contributed by atoms with van der Waals surface area (Å²) in [5, 5.41) is 11.5. The monoisotopic (exact) mass is 590 g/mol. The number of rotatable bonds is 5. The highest BCUT2D eigenvalue weighted by atomic mass is 32.1. The average molecular weight is 591 g/mol. The predicted octanol–water partition coefficient (Wildman–Crippen LogP) is 5.39. The molecule has 6 rings (SSSR count). The summed E-state index contributed by atoms with van der Waals surface area (Å²) in [6, 6.07) is 10.9. The number of halogens is 3. The zero-order chi connectivity index (χ0) is 29.9. The minimum atomic E-state index is -4.75. The quantitative estimate of drug-likeness (QED) is 0.277. The molecule has 0 radical (unpaired) electrons. The predicted molar refractivity (Wildman–Crippen MR) is 151 cm³/mol. The maximum atomic E-state index is 13.8. The summed E-state index contributed by atoms with van der Waals surface area (Å²) in [7, 11) is 1.80. The highest BCUT2D eigenvalue weighted by molar-refractivity contribution is 7.21. The van der Waals surface area contributed by atoms with Gasteiger partial charge in [0.05, 0.1) is 17.6 Å². The van der Waals surface area contributed by atoms with Crippen LogP contribution >= 0.6 is 11.3 Å². The van der Waals surface area contributed by atoms with Crippen molar-refractivity contribution in [2.45, 2.75) is 20.0 Å². The van der Waals surface area contributed by atoms with Gasteiger partial charge in [0.2, 0.25) is 0 Å². The van der Waals surface area contributed by atoms with E-state index in [1.807, 2.05) is 13.8 Å². The lowest BCUT2D eigenvalue weighted by atomic mass is 10.00. The molecule has 0 fully saturated rings. The van der Waals surface area contributed by atoms with Crippen LogP contribution in [0.3, 0.4) is 0 Å². The van der Waals surface area contributed by atoms with Crippen molar-refractivity contribution >= 4 is 44.7 Å². The summed E-state index contributed by atoms with van der Waals surface area (Å²) in [4.78, 5) is 33.8. The maximum absolute atomic E-state index is 13.8. The largest absolute Gasteiger partial charge is 0.433 e. The SMILES string of the molecule is Cc1ccc(-c2cc(C(F)(F)F)nc3sc(C(N)=O)c(NC(=O)c4cc5nccc(-c6cnn(C)c6C)n5n4)c23)cc1. The maximum Gasteiger partial charge on any atom is 0.433 e. The minimum absolute atomic E-state index is 0.0389. The van der Waals surface area contributed by atoms with E-state index in [0.717, 1.165) is 22.9 Å². The summed E-state index contributed by atoms with van der Waals surface area (Å²) in [6.45, 7) is 3.74. The number of carbonyl (C=O) groups is 2. The highest BCUT2D eigenvalue weighted by Gasteiger charge is 2.35. The van der Waals surface area contributed by atoms with Crippen LogP contribution in [0.4, 0.5) is 18.9 Å². The Bertz CT molecular complexity index is 2040. The van der Waals surface area contributed by atoms with Crippen molar-refractivity contribution in [3.8, 4) is 22.4 Å². The van der Waals surface area contributed by atoms with Gasteiger partial charge in [0.25, 0.3) is 11.8 Å². The van der Waals surface area contributed by atoms with E-state index >= 15 is 0 Å². The number of nitrogens with one attached hydrogen (secondary N) is 1. The number of anilines is 1. The van der Waals surface area contributed by atoms with E-state index in [-0.39, 0.29) is 32.0 Å². The van der Waals surface area contributed by atoms with Crippen LogP contribution in [0.25, 0.3) is 38.2 Å². The molecule has 0 saturated heterocycles. The number of aromatic nitrogens is 6. The second-order valence-electron chi connectivity index (χ2n) is 9.62. The highest BCUT2D eigenvalue weighted by Crippen LogP contribution is 2.43.